The van der Waals surface area contributed by atoms with Gasteiger partial charge >= 0.3 is 0 Å². The number of carbonyl (C=O) groups excluding carboxylic acids is 1. The highest BCUT2D eigenvalue weighted by molar-refractivity contribution is 5.94. The second-order valence-corrected chi connectivity index (χ2v) is 7.36. The van der Waals surface area contributed by atoms with Crippen molar-refractivity contribution in [2.24, 2.45) is 0 Å². The van der Waals surface area contributed by atoms with Crippen LogP contribution in [0.1, 0.15) is 30.4 Å². The average molecular weight is 359 g/mol. The van der Waals surface area contributed by atoms with E-state index in [1.165, 1.54) is 0 Å². The quantitative estimate of drug-likeness (QED) is 0.892. The molecule has 2 atom stereocenters. The van der Waals surface area contributed by atoms with Gasteiger partial charge in [-0.05, 0) is 43.5 Å². The fourth-order valence-electron chi connectivity index (χ4n) is 5.31. The normalized spacial score (nSPS) is 30.7. The van der Waals surface area contributed by atoms with E-state index in [1.807, 2.05) is 18.0 Å². The predicted molar refractivity (Wildman–Crippen MR) is 95.3 cm³/mol. The number of allylic oxidation sites excluding steroid dienone is 1. The summed E-state index contributed by atoms with van der Waals surface area (Å²) in [6.45, 7) is 0.659. The van der Waals surface area contributed by atoms with Crippen LogP contribution >= 0.6 is 0 Å². The number of aromatic hydroxyl groups is 1. The van der Waals surface area contributed by atoms with Gasteiger partial charge in [0, 0.05) is 31.1 Å². The van der Waals surface area contributed by atoms with E-state index in [4.69, 9.17) is 14.2 Å². The zero-order valence-corrected chi connectivity index (χ0v) is 15.7. The summed E-state index contributed by atoms with van der Waals surface area (Å²) in [4.78, 5) is 15.3. The molecule has 0 saturated carbocycles. The molecule has 1 fully saturated rings. The Morgan fingerprint density at radius 3 is 2.58 bits per heavy atom. The Balaban J connectivity index is 2.07. The van der Waals surface area contributed by atoms with Gasteiger partial charge in [0.2, 0.25) is 5.72 Å². The molecule has 6 heteroatoms. The first-order valence-corrected chi connectivity index (χ1v) is 8.93. The minimum atomic E-state index is -1.17. The number of fused-ring (bicyclic) bond motifs is 4. The van der Waals surface area contributed by atoms with Gasteiger partial charge in [-0.15, -0.1) is 0 Å². The number of rotatable bonds is 3. The van der Waals surface area contributed by atoms with Crippen molar-refractivity contribution >= 4 is 5.78 Å². The van der Waals surface area contributed by atoms with Crippen molar-refractivity contribution < 1.29 is 24.1 Å². The summed E-state index contributed by atoms with van der Waals surface area (Å²) < 4.78 is 16.9. The summed E-state index contributed by atoms with van der Waals surface area (Å²) in [7, 11) is 6.59. The van der Waals surface area contributed by atoms with Crippen LogP contribution in [0.5, 0.6) is 11.5 Å². The highest BCUT2D eigenvalue weighted by Gasteiger charge is 2.62. The smallest absolute Gasteiger partial charge is 0.239 e. The highest BCUT2D eigenvalue weighted by Crippen LogP contribution is 2.59. The zero-order valence-electron chi connectivity index (χ0n) is 15.7. The molecule has 2 aliphatic heterocycles. The number of likely N-dealkylation sites (N-methyl/N-ethyl adjacent to an activating group) is 1. The fraction of sp³-hybridized carbons (Fsp3) is 0.550. The molecule has 0 unspecified atom stereocenters. The van der Waals surface area contributed by atoms with Crippen molar-refractivity contribution in [3.05, 3.63) is 34.6 Å². The molecule has 140 valence electrons. The van der Waals surface area contributed by atoms with Crippen molar-refractivity contribution in [2.45, 2.75) is 36.8 Å². The van der Waals surface area contributed by atoms with Gasteiger partial charge in [0.15, 0.2) is 23.0 Å². The third kappa shape index (κ3) is 1.86. The average Bonchev–Trinajstić information content (AvgIpc) is 2.81. The van der Waals surface area contributed by atoms with E-state index < -0.39 is 11.1 Å². The Bertz CT molecular complexity index is 817. The van der Waals surface area contributed by atoms with Gasteiger partial charge in [0.1, 0.15) is 0 Å². The second kappa shape index (κ2) is 5.72. The van der Waals surface area contributed by atoms with Crippen LogP contribution in [0.15, 0.2) is 23.5 Å². The maximum Gasteiger partial charge on any atom is 0.239 e. The number of hydrogen-bond acceptors (Lipinski definition) is 6. The number of ether oxygens (including phenoxy) is 3. The number of benzene rings is 1. The maximum absolute atomic E-state index is 13.3. The Labute approximate surface area is 153 Å². The number of Topliss-reactive ketones (excluding diaryl/α,β-unsaturated/α-hetero) is 1. The van der Waals surface area contributed by atoms with E-state index in [-0.39, 0.29) is 11.5 Å². The molecule has 0 aromatic heterocycles. The van der Waals surface area contributed by atoms with Crippen molar-refractivity contribution in [2.75, 3.05) is 34.9 Å². The number of phenolic OH excluding ortho intramolecular Hbond substituents is 1. The van der Waals surface area contributed by atoms with E-state index in [9.17, 15) is 9.90 Å². The molecule has 26 heavy (non-hydrogen) atoms. The molecule has 1 aromatic carbocycles. The predicted octanol–water partition coefficient (Wildman–Crippen LogP) is 2.14. The lowest BCUT2D eigenvalue weighted by Gasteiger charge is -2.47. The first-order chi connectivity index (χ1) is 12.5. The first-order valence-electron chi connectivity index (χ1n) is 8.93. The molecule has 0 radical (unpaired) electrons. The minimum Gasteiger partial charge on any atom is -0.504 e. The van der Waals surface area contributed by atoms with Crippen molar-refractivity contribution in [1.29, 1.82) is 0 Å². The monoisotopic (exact) mass is 359 g/mol. The van der Waals surface area contributed by atoms with E-state index in [0.29, 0.717) is 24.5 Å². The van der Waals surface area contributed by atoms with Crippen LogP contribution in [0.25, 0.3) is 0 Å². The highest BCUT2D eigenvalue weighted by atomic mass is 16.6. The number of ketones is 1. The Morgan fingerprint density at radius 2 is 1.92 bits per heavy atom. The van der Waals surface area contributed by atoms with Gasteiger partial charge in [-0.25, -0.2) is 0 Å². The summed E-state index contributed by atoms with van der Waals surface area (Å²) in [5, 5.41) is 11.0. The number of methoxy groups -OCH3 is 3. The third-order valence-corrected chi connectivity index (χ3v) is 6.48. The zero-order chi connectivity index (χ0) is 18.7. The van der Waals surface area contributed by atoms with Crippen molar-refractivity contribution in [1.82, 2.24) is 4.90 Å². The molecule has 1 aromatic rings. The topological polar surface area (TPSA) is 68.2 Å². The Hall–Kier alpha value is -2.05. The van der Waals surface area contributed by atoms with Crippen LogP contribution < -0.4 is 4.74 Å². The van der Waals surface area contributed by atoms with Crippen LogP contribution in [-0.2, 0) is 26.1 Å². The number of phenols is 1. The summed E-state index contributed by atoms with van der Waals surface area (Å²) in [6.07, 6.45) is 2.58. The number of carbonyl (C=O) groups is 1. The first kappa shape index (κ1) is 17.4. The summed E-state index contributed by atoms with van der Waals surface area (Å²) in [5.74, 6) is 1.13. The second-order valence-electron chi connectivity index (χ2n) is 7.36. The Kier molecular flexibility index (Phi) is 3.82. The van der Waals surface area contributed by atoms with Gasteiger partial charge in [-0.3, -0.25) is 9.69 Å². The van der Waals surface area contributed by atoms with E-state index in [1.54, 1.807) is 27.4 Å². The maximum atomic E-state index is 13.3. The van der Waals surface area contributed by atoms with Gasteiger partial charge in [0.05, 0.1) is 14.2 Å². The minimum absolute atomic E-state index is 0.0318. The lowest BCUT2D eigenvalue weighted by molar-refractivity contribution is -0.165. The molecule has 2 aliphatic carbocycles. The van der Waals surface area contributed by atoms with Gasteiger partial charge in [-0.2, -0.15) is 0 Å². The molecule has 1 spiro atoms. The van der Waals surface area contributed by atoms with Crippen LogP contribution in [-0.4, -0.2) is 56.4 Å². The summed E-state index contributed by atoms with van der Waals surface area (Å²) in [6, 6.07) is 3.80. The van der Waals surface area contributed by atoms with Crippen LogP contribution in [0.4, 0.5) is 0 Å². The summed E-state index contributed by atoms with van der Waals surface area (Å²) >= 11 is 0. The molecular weight excluding hydrogens is 334 g/mol. The molecule has 4 aliphatic rings. The molecular formula is C20H25NO5. The van der Waals surface area contributed by atoms with Gasteiger partial charge in [-0.1, -0.05) is 6.07 Å². The molecule has 5 rings (SSSR count). The Morgan fingerprint density at radius 1 is 1.15 bits per heavy atom. The lowest BCUT2D eigenvalue weighted by atomic mass is 9.59. The van der Waals surface area contributed by atoms with Crippen molar-refractivity contribution in [3.8, 4) is 11.5 Å². The van der Waals surface area contributed by atoms with Crippen LogP contribution in [0.2, 0.25) is 0 Å². The van der Waals surface area contributed by atoms with E-state index >= 15 is 0 Å². The largest absolute Gasteiger partial charge is 0.504 e. The fourth-order valence-corrected chi connectivity index (χ4v) is 5.31. The molecule has 1 saturated heterocycles. The third-order valence-electron chi connectivity index (χ3n) is 6.48. The summed E-state index contributed by atoms with van der Waals surface area (Å²) in [5.41, 5.74) is 1.23. The number of nitrogens with zero attached hydrogens (tertiary/aromatic N) is 1. The molecule has 1 N–H and O–H groups in total. The molecule has 0 amide bonds. The molecule has 2 heterocycles. The molecule has 6 nitrogen and oxygen atoms in total. The molecule has 2 bridgehead atoms. The van der Waals surface area contributed by atoms with Crippen LogP contribution in [0, 0.1) is 0 Å². The van der Waals surface area contributed by atoms with Crippen LogP contribution in [0.3, 0.4) is 0 Å². The lowest BCUT2D eigenvalue weighted by Crippen LogP contribution is -2.58. The van der Waals surface area contributed by atoms with Crippen molar-refractivity contribution in [3.63, 3.8) is 0 Å². The van der Waals surface area contributed by atoms with E-state index in [2.05, 4.69) is 0 Å². The number of hydrogen-bond donors (Lipinski definition) is 1. The SMILES string of the molecule is COC1=C2CCc3ccc(OC)c(O)c3[C@@]23CCN(C)[C@@]1(OC)C(=O)C3. The number of aryl methyl sites for hydroxylation is 1. The van der Waals surface area contributed by atoms with Gasteiger partial charge < -0.3 is 19.3 Å². The van der Waals surface area contributed by atoms with E-state index in [0.717, 1.165) is 36.0 Å². The standard InChI is InChI=1S/C20H25NO5/c1-21-10-9-19-11-15(22)20(21,26-4)18(25-3)13(19)7-5-12-6-8-14(24-2)17(23)16(12)19/h6,8,23H,5,7,9-11H2,1-4H3/t19-,20-/m1/s1. The van der Waals surface area contributed by atoms with Gasteiger partial charge in [0.25, 0.3) is 0 Å².